The van der Waals surface area contributed by atoms with E-state index in [2.05, 4.69) is 35.6 Å². The van der Waals surface area contributed by atoms with E-state index in [1.807, 2.05) is 36.7 Å². The van der Waals surface area contributed by atoms with E-state index >= 15 is 0 Å². The Morgan fingerprint density at radius 1 is 1.26 bits per heavy atom. The molecule has 0 unspecified atom stereocenters. The van der Waals surface area contributed by atoms with Crippen LogP contribution in [0.5, 0.6) is 0 Å². The summed E-state index contributed by atoms with van der Waals surface area (Å²) in [5, 5.41) is 4.25. The van der Waals surface area contributed by atoms with E-state index in [0.29, 0.717) is 0 Å². The number of rotatable bonds is 4. The van der Waals surface area contributed by atoms with Gasteiger partial charge in [0.1, 0.15) is 5.82 Å². The molecule has 0 spiro atoms. The molecular formula is C15H20ClN3. The maximum absolute atomic E-state index is 6.19. The fourth-order valence-corrected chi connectivity index (χ4v) is 2.00. The molecule has 0 atom stereocenters. The van der Waals surface area contributed by atoms with Gasteiger partial charge in [0.25, 0.3) is 0 Å². The third-order valence-corrected chi connectivity index (χ3v) is 3.25. The van der Waals surface area contributed by atoms with E-state index in [4.69, 9.17) is 11.6 Å². The summed E-state index contributed by atoms with van der Waals surface area (Å²) in [5.41, 5.74) is 1.19. The second-order valence-corrected chi connectivity index (χ2v) is 6.07. The van der Waals surface area contributed by atoms with Crippen molar-refractivity contribution >= 4 is 11.6 Å². The van der Waals surface area contributed by atoms with Gasteiger partial charge in [-0.2, -0.15) is 0 Å². The minimum Gasteiger partial charge on any atom is -0.329 e. The lowest BCUT2D eigenvalue weighted by atomic mass is 10.1. The first-order valence-electron chi connectivity index (χ1n) is 6.44. The topological polar surface area (TPSA) is 29.9 Å². The van der Waals surface area contributed by atoms with Gasteiger partial charge in [-0.15, -0.1) is 0 Å². The summed E-state index contributed by atoms with van der Waals surface area (Å²) in [7, 11) is 0. The molecule has 0 saturated heterocycles. The summed E-state index contributed by atoms with van der Waals surface area (Å²) >= 11 is 6.19. The first-order valence-corrected chi connectivity index (χ1v) is 6.82. The van der Waals surface area contributed by atoms with Gasteiger partial charge in [-0.05, 0) is 32.4 Å². The minimum absolute atomic E-state index is 0.0845. The van der Waals surface area contributed by atoms with Gasteiger partial charge >= 0.3 is 0 Å². The van der Waals surface area contributed by atoms with E-state index in [-0.39, 0.29) is 5.54 Å². The molecule has 102 valence electrons. The molecular weight excluding hydrogens is 258 g/mol. The van der Waals surface area contributed by atoms with Crippen LogP contribution in [-0.2, 0) is 13.1 Å². The van der Waals surface area contributed by atoms with Crippen molar-refractivity contribution in [1.82, 2.24) is 14.9 Å². The van der Waals surface area contributed by atoms with Crippen LogP contribution in [0.4, 0.5) is 0 Å². The summed E-state index contributed by atoms with van der Waals surface area (Å²) < 4.78 is 2.12. The molecule has 2 rings (SSSR count). The lowest BCUT2D eigenvalue weighted by molar-refractivity contribution is 0.413. The van der Waals surface area contributed by atoms with Crippen molar-refractivity contribution in [2.45, 2.75) is 39.4 Å². The maximum Gasteiger partial charge on any atom is 0.122 e. The van der Waals surface area contributed by atoms with Crippen molar-refractivity contribution in [3.8, 4) is 0 Å². The quantitative estimate of drug-likeness (QED) is 0.927. The van der Waals surface area contributed by atoms with Gasteiger partial charge in [0.05, 0.1) is 13.1 Å². The van der Waals surface area contributed by atoms with Crippen LogP contribution in [0.3, 0.4) is 0 Å². The number of aromatic nitrogens is 2. The summed E-state index contributed by atoms with van der Waals surface area (Å²) in [6.45, 7) is 7.94. The summed E-state index contributed by atoms with van der Waals surface area (Å²) in [6, 6.07) is 7.91. The molecule has 1 aromatic heterocycles. The second kappa shape index (κ2) is 5.76. The van der Waals surface area contributed by atoms with Crippen LogP contribution >= 0.6 is 11.6 Å². The zero-order valence-corrected chi connectivity index (χ0v) is 12.4. The first kappa shape index (κ1) is 14.1. The Bertz CT molecular complexity index is 540. The third-order valence-electron chi connectivity index (χ3n) is 2.88. The molecule has 1 aromatic carbocycles. The highest BCUT2D eigenvalue weighted by Gasteiger charge is 2.11. The Labute approximate surface area is 119 Å². The molecule has 19 heavy (non-hydrogen) atoms. The summed E-state index contributed by atoms with van der Waals surface area (Å²) in [4.78, 5) is 4.40. The molecule has 0 aliphatic carbocycles. The van der Waals surface area contributed by atoms with Crippen molar-refractivity contribution in [1.29, 1.82) is 0 Å². The largest absolute Gasteiger partial charge is 0.329 e. The van der Waals surface area contributed by atoms with Gasteiger partial charge in [-0.3, -0.25) is 0 Å². The van der Waals surface area contributed by atoms with E-state index in [9.17, 15) is 0 Å². The Morgan fingerprint density at radius 3 is 2.68 bits per heavy atom. The summed E-state index contributed by atoms with van der Waals surface area (Å²) in [6.07, 6.45) is 3.82. The predicted molar refractivity (Wildman–Crippen MR) is 79.4 cm³/mol. The fourth-order valence-electron chi connectivity index (χ4n) is 1.81. The van der Waals surface area contributed by atoms with Crippen molar-refractivity contribution in [3.05, 3.63) is 53.1 Å². The predicted octanol–water partition coefficient (Wildman–Crippen LogP) is 3.47. The number of nitrogens with one attached hydrogen (secondary N) is 1. The van der Waals surface area contributed by atoms with Crippen molar-refractivity contribution in [2.24, 2.45) is 0 Å². The highest BCUT2D eigenvalue weighted by atomic mass is 35.5. The maximum atomic E-state index is 6.19. The monoisotopic (exact) mass is 277 g/mol. The summed E-state index contributed by atoms with van der Waals surface area (Å²) in [5.74, 6) is 1.02. The van der Waals surface area contributed by atoms with Gasteiger partial charge in [-0.25, -0.2) is 4.98 Å². The molecule has 0 bridgehead atoms. The second-order valence-electron chi connectivity index (χ2n) is 5.67. The molecule has 1 N–H and O–H groups in total. The molecule has 1 heterocycles. The number of hydrogen-bond donors (Lipinski definition) is 1. The Morgan fingerprint density at radius 2 is 2.00 bits per heavy atom. The van der Waals surface area contributed by atoms with Crippen LogP contribution < -0.4 is 5.32 Å². The Kier molecular flexibility index (Phi) is 4.27. The van der Waals surface area contributed by atoms with Gasteiger partial charge in [0.2, 0.25) is 0 Å². The van der Waals surface area contributed by atoms with Crippen molar-refractivity contribution in [2.75, 3.05) is 0 Å². The smallest absolute Gasteiger partial charge is 0.122 e. The van der Waals surface area contributed by atoms with Crippen molar-refractivity contribution < 1.29 is 0 Å². The normalized spacial score (nSPS) is 11.8. The van der Waals surface area contributed by atoms with Crippen LogP contribution in [0.25, 0.3) is 0 Å². The van der Waals surface area contributed by atoms with Crippen LogP contribution in [-0.4, -0.2) is 15.1 Å². The molecule has 0 saturated carbocycles. The zero-order valence-electron chi connectivity index (χ0n) is 11.7. The first-order chi connectivity index (χ1) is 8.96. The molecule has 4 heteroatoms. The SMILES string of the molecule is CC(C)(C)NCc1nccn1Cc1ccccc1Cl. The van der Waals surface area contributed by atoms with Gasteiger partial charge < -0.3 is 9.88 Å². The van der Waals surface area contributed by atoms with E-state index < -0.39 is 0 Å². The molecule has 0 amide bonds. The average molecular weight is 278 g/mol. The Balaban J connectivity index is 2.10. The van der Waals surface area contributed by atoms with Crippen LogP contribution in [0.2, 0.25) is 5.02 Å². The fraction of sp³-hybridized carbons (Fsp3) is 0.400. The highest BCUT2D eigenvalue weighted by molar-refractivity contribution is 6.31. The molecule has 0 fully saturated rings. The lowest BCUT2D eigenvalue weighted by Gasteiger charge is -2.20. The zero-order chi connectivity index (χ0) is 13.9. The van der Waals surface area contributed by atoms with Crippen LogP contribution in [0.15, 0.2) is 36.7 Å². The number of benzene rings is 1. The van der Waals surface area contributed by atoms with Gasteiger partial charge in [0.15, 0.2) is 0 Å². The highest BCUT2D eigenvalue weighted by Crippen LogP contribution is 2.17. The minimum atomic E-state index is 0.0845. The van der Waals surface area contributed by atoms with E-state index in [1.165, 1.54) is 0 Å². The molecule has 3 nitrogen and oxygen atoms in total. The number of hydrogen-bond acceptors (Lipinski definition) is 2. The van der Waals surface area contributed by atoms with Crippen LogP contribution in [0, 0.1) is 0 Å². The van der Waals surface area contributed by atoms with E-state index in [0.717, 1.165) is 29.5 Å². The van der Waals surface area contributed by atoms with Gasteiger partial charge in [0, 0.05) is 23.0 Å². The third kappa shape index (κ3) is 4.08. The van der Waals surface area contributed by atoms with E-state index in [1.54, 1.807) is 0 Å². The molecule has 0 aliphatic rings. The lowest BCUT2D eigenvalue weighted by Crippen LogP contribution is -2.36. The van der Waals surface area contributed by atoms with Gasteiger partial charge in [-0.1, -0.05) is 29.8 Å². The standard InChI is InChI=1S/C15H20ClN3/c1-15(2,3)18-10-14-17-8-9-19(14)11-12-6-4-5-7-13(12)16/h4-9,18H,10-11H2,1-3H3. The molecule has 2 aromatic rings. The average Bonchev–Trinajstić information content (AvgIpc) is 2.76. The van der Waals surface area contributed by atoms with Crippen LogP contribution in [0.1, 0.15) is 32.2 Å². The Hall–Kier alpha value is -1.32. The molecule has 0 aliphatic heterocycles. The van der Waals surface area contributed by atoms with Crippen molar-refractivity contribution in [3.63, 3.8) is 0 Å². The number of imidazole rings is 1. The number of halogens is 1. The number of nitrogens with zero attached hydrogens (tertiary/aromatic N) is 2. The molecule has 0 radical (unpaired) electrons.